The Morgan fingerprint density at radius 1 is 0.722 bits per heavy atom. The summed E-state index contributed by atoms with van der Waals surface area (Å²) in [5, 5.41) is 0. The van der Waals surface area contributed by atoms with Crippen LogP contribution in [0.3, 0.4) is 0 Å². The Labute approximate surface area is 105 Å². The number of ketones is 2. The van der Waals surface area contributed by atoms with E-state index in [9.17, 15) is 9.59 Å². The lowest BCUT2D eigenvalue weighted by molar-refractivity contribution is 0.0917. The molecule has 0 atom stereocenters. The number of hydrogen-bond donors (Lipinski definition) is 0. The van der Waals surface area contributed by atoms with E-state index in [2.05, 4.69) is 9.97 Å². The molecule has 0 N–H and O–H groups in total. The van der Waals surface area contributed by atoms with E-state index < -0.39 is 0 Å². The van der Waals surface area contributed by atoms with Crippen LogP contribution in [0.1, 0.15) is 33.6 Å². The highest BCUT2D eigenvalue weighted by molar-refractivity contribution is 6.01. The van der Waals surface area contributed by atoms with E-state index >= 15 is 0 Å². The number of aromatic nitrogens is 2. The van der Waals surface area contributed by atoms with Crippen LogP contribution in [0, 0.1) is 0 Å². The number of rotatable bonds is 5. The van der Waals surface area contributed by atoms with Crippen molar-refractivity contribution in [1.29, 1.82) is 0 Å². The van der Waals surface area contributed by atoms with Crippen LogP contribution in [0.2, 0.25) is 0 Å². The fraction of sp³-hybridized carbons (Fsp3) is 0.143. The fourth-order valence-corrected chi connectivity index (χ4v) is 1.59. The summed E-state index contributed by atoms with van der Waals surface area (Å²) in [4.78, 5) is 31.3. The van der Waals surface area contributed by atoms with Gasteiger partial charge in [0, 0.05) is 48.8 Å². The third-order valence-electron chi connectivity index (χ3n) is 2.58. The van der Waals surface area contributed by atoms with E-state index in [4.69, 9.17) is 0 Å². The van der Waals surface area contributed by atoms with Gasteiger partial charge in [0.2, 0.25) is 0 Å². The highest BCUT2D eigenvalue weighted by Gasteiger charge is 2.10. The average Bonchev–Trinajstić information content (AvgIpc) is 2.46. The van der Waals surface area contributed by atoms with Gasteiger partial charge in [-0.25, -0.2) is 0 Å². The Bertz CT molecular complexity index is 487. The Balaban J connectivity index is 1.93. The average molecular weight is 240 g/mol. The third kappa shape index (κ3) is 3.07. The molecule has 2 aromatic rings. The summed E-state index contributed by atoms with van der Waals surface area (Å²) in [6.07, 6.45) is 6.70. The highest BCUT2D eigenvalue weighted by atomic mass is 16.1. The molecule has 0 radical (unpaired) electrons. The summed E-state index contributed by atoms with van der Waals surface area (Å²) < 4.78 is 0. The third-order valence-corrected chi connectivity index (χ3v) is 2.58. The molecular formula is C14H12N2O2. The molecule has 90 valence electrons. The van der Waals surface area contributed by atoms with Gasteiger partial charge in [0.1, 0.15) is 0 Å². The standard InChI is InChI=1S/C14H12N2O2/c17-13(11-3-7-15-8-4-11)1-2-14(18)12-5-9-16-10-6-12/h3-10H,1-2H2. The maximum Gasteiger partial charge on any atom is 0.163 e. The van der Waals surface area contributed by atoms with Gasteiger partial charge >= 0.3 is 0 Å². The lowest BCUT2D eigenvalue weighted by Gasteiger charge is -2.01. The van der Waals surface area contributed by atoms with Crippen LogP contribution in [-0.4, -0.2) is 21.5 Å². The lowest BCUT2D eigenvalue weighted by atomic mass is 10.0. The van der Waals surface area contributed by atoms with Crippen molar-refractivity contribution in [2.24, 2.45) is 0 Å². The smallest absolute Gasteiger partial charge is 0.163 e. The monoisotopic (exact) mass is 240 g/mol. The zero-order chi connectivity index (χ0) is 12.8. The molecule has 0 fully saturated rings. The number of hydrogen-bond acceptors (Lipinski definition) is 4. The second kappa shape index (κ2) is 5.82. The van der Waals surface area contributed by atoms with Crippen LogP contribution in [0.15, 0.2) is 49.1 Å². The molecule has 0 aliphatic carbocycles. The molecule has 0 saturated heterocycles. The fourth-order valence-electron chi connectivity index (χ4n) is 1.59. The predicted molar refractivity (Wildman–Crippen MR) is 66.4 cm³/mol. The van der Waals surface area contributed by atoms with Crippen molar-refractivity contribution in [3.63, 3.8) is 0 Å². The second-order valence-electron chi connectivity index (χ2n) is 3.82. The van der Waals surface area contributed by atoms with Crippen molar-refractivity contribution < 1.29 is 9.59 Å². The Morgan fingerprint density at radius 3 is 1.39 bits per heavy atom. The summed E-state index contributed by atoms with van der Waals surface area (Å²) >= 11 is 0. The van der Waals surface area contributed by atoms with Gasteiger partial charge in [0.15, 0.2) is 11.6 Å². The molecule has 0 aliphatic heterocycles. The Kier molecular flexibility index (Phi) is 3.91. The number of nitrogens with zero attached hydrogens (tertiary/aromatic N) is 2. The first-order chi connectivity index (χ1) is 8.77. The molecule has 0 aliphatic rings. The molecule has 0 bridgehead atoms. The van der Waals surface area contributed by atoms with E-state index in [1.54, 1.807) is 49.1 Å². The van der Waals surface area contributed by atoms with Crippen LogP contribution >= 0.6 is 0 Å². The van der Waals surface area contributed by atoms with Gasteiger partial charge in [-0.2, -0.15) is 0 Å². The lowest BCUT2D eigenvalue weighted by Crippen LogP contribution is -2.05. The second-order valence-corrected chi connectivity index (χ2v) is 3.82. The minimum absolute atomic E-state index is 0.0418. The summed E-state index contributed by atoms with van der Waals surface area (Å²) in [7, 11) is 0. The van der Waals surface area contributed by atoms with Crippen LogP contribution in [0.4, 0.5) is 0 Å². The van der Waals surface area contributed by atoms with Crippen molar-refractivity contribution in [2.75, 3.05) is 0 Å². The zero-order valence-corrected chi connectivity index (χ0v) is 9.74. The van der Waals surface area contributed by atoms with E-state index in [1.807, 2.05) is 0 Å². The van der Waals surface area contributed by atoms with Crippen molar-refractivity contribution in [3.8, 4) is 0 Å². The van der Waals surface area contributed by atoms with Crippen LogP contribution in [0.25, 0.3) is 0 Å². The van der Waals surface area contributed by atoms with Crippen LogP contribution in [0.5, 0.6) is 0 Å². The molecule has 0 saturated carbocycles. The molecule has 0 spiro atoms. The molecule has 18 heavy (non-hydrogen) atoms. The minimum atomic E-state index is -0.0418. The topological polar surface area (TPSA) is 59.9 Å². The van der Waals surface area contributed by atoms with Gasteiger partial charge in [0.25, 0.3) is 0 Å². The SMILES string of the molecule is O=C(CCC(=O)c1ccncc1)c1ccncc1. The van der Waals surface area contributed by atoms with E-state index in [-0.39, 0.29) is 24.4 Å². The summed E-state index contributed by atoms with van der Waals surface area (Å²) in [5.41, 5.74) is 1.18. The van der Waals surface area contributed by atoms with Gasteiger partial charge in [-0.15, -0.1) is 0 Å². The molecule has 4 nitrogen and oxygen atoms in total. The molecular weight excluding hydrogens is 228 g/mol. The van der Waals surface area contributed by atoms with Crippen molar-refractivity contribution >= 4 is 11.6 Å². The number of Topliss-reactive ketones (excluding diaryl/α,β-unsaturated/α-hetero) is 2. The summed E-state index contributed by atoms with van der Waals surface area (Å²) in [6, 6.07) is 6.61. The predicted octanol–water partition coefficient (Wildman–Crippen LogP) is 2.32. The molecule has 0 unspecified atom stereocenters. The van der Waals surface area contributed by atoms with Gasteiger partial charge in [-0.1, -0.05) is 0 Å². The van der Waals surface area contributed by atoms with Crippen molar-refractivity contribution in [2.45, 2.75) is 12.8 Å². The van der Waals surface area contributed by atoms with Crippen LogP contribution < -0.4 is 0 Å². The van der Waals surface area contributed by atoms with Crippen molar-refractivity contribution in [3.05, 3.63) is 60.2 Å². The normalized spacial score (nSPS) is 10.0. The summed E-state index contributed by atoms with van der Waals surface area (Å²) in [6.45, 7) is 0. The molecule has 4 heteroatoms. The maximum atomic E-state index is 11.8. The number of pyridine rings is 2. The van der Waals surface area contributed by atoms with E-state index in [1.165, 1.54) is 0 Å². The van der Waals surface area contributed by atoms with E-state index in [0.29, 0.717) is 11.1 Å². The van der Waals surface area contributed by atoms with Gasteiger partial charge < -0.3 is 0 Å². The summed E-state index contributed by atoms with van der Waals surface area (Å²) in [5.74, 6) is -0.0837. The maximum absolute atomic E-state index is 11.8. The first kappa shape index (κ1) is 12.1. The molecule has 0 amide bonds. The van der Waals surface area contributed by atoms with Gasteiger partial charge in [0.05, 0.1) is 0 Å². The molecule has 2 rings (SSSR count). The largest absolute Gasteiger partial charge is 0.294 e. The number of carbonyl (C=O) groups is 2. The minimum Gasteiger partial charge on any atom is -0.294 e. The highest BCUT2D eigenvalue weighted by Crippen LogP contribution is 2.08. The molecule has 0 aromatic carbocycles. The molecule has 2 aromatic heterocycles. The first-order valence-corrected chi connectivity index (χ1v) is 5.64. The quantitative estimate of drug-likeness (QED) is 0.752. The first-order valence-electron chi connectivity index (χ1n) is 5.64. The molecule has 2 heterocycles. The van der Waals surface area contributed by atoms with Crippen LogP contribution in [-0.2, 0) is 0 Å². The number of carbonyl (C=O) groups excluding carboxylic acids is 2. The van der Waals surface area contributed by atoms with Gasteiger partial charge in [-0.3, -0.25) is 19.6 Å². The van der Waals surface area contributed by atoms with Crippen molar-refractivity contribution in [1.82, 2.24) is 9.97 Å². The van der Waals surface area contributed by atoms with E-state index in [0.717, 1.165) is 0 Å². The zero-order valence-electron chi connectivity index (χ0n) is 9.74. The van der Waals surface area contributed by atoms with Gasteiger partial charge in [-0.05, 0) is 24.3 Å². The Hall–Kier alpha value is -2.36. The Morgan fingerprint density at radius 2 is 1.06 bits per heavy atom.